The number of hydrogen-bond donors (Lipinski definition) is 1. The summed E-state index contributed by atoms with van der Waals surface area (Å²) in [6.45, 7) is 2.92. The minimum absolute atomic E-state index is 0.511. The fraction of sp³-hybridized carbons (Fsp3) is 0.455. The Morgan fingerprint density at radius 3 is 2.72 bits per heavy atom. The first kappa shape index (κ1) is 12.3. The molecule has 0 aliphatic carbocycles. The lowest BCUT2D eigenvalue weighted by Crippen LogP contribution is -2.17. The van der Waals surface area contributed by atoms with Gasteiger partial charge in [-0.15, -0.1) is 0 Å². The van der Waals surface area contributed by atoms with Crippen LogP contribution in [-0.2, 0) is 0 Å². The third-order valence-corrected chi connectivity index (χ3v) is 2.25. The van der Waals surface area contributed by atoms with E-state index in [1.807, 2.05) is 25.1 Å². The SMILES string of the molecule is CCCNc1nc(N(C)C)nc(-n2cccn2)n1. The van der Waals surface area contributed by atoms with Crippen LogP contribution in [0.3, 0.4) is 0 Å². The third kappa shape index (κ3) is 2.73. The molecule has 18 heavy (non-hydrogen) atoms. The summed E-state index contributed by atoms with van der Waals surface area (Å²) >= 11 is 0. The van der Waals surface area contributed by atoms with Gasteiger partial charge >= 0.3 is 0 Å². The summed E-state index contributed by atoms with van der Waals surface area (Å²) in [5.41, 5.74) is 0. The van der Waals surface area contributed by atoms with E-state index in [0.29, 0.717) is 17.8 Å². The number of nitrogens with zero attached hydrogens (tertiary/aromatic N) is 6. The van der Waals surface area contributed by atoms with Gasteiger partial charge in [0, 0.05) is 33.0 Å². The topological polar surface area (TPSA) is 71.8 Å². The molecular weight excluding hydrogens is 230 g/mol. The van der Waals surface area contributed by atoms with Crippen LogP contribution in [0.25, 0.3) is 5.95 Å². The Hall–Kier alpha value is -2.18. The van der Waals surface area contributed by atoms with E-state index in [1.54, 1.807) is 17.1 Å². The number of aromatic nitrogens is 5. The molecule has 0 fully saturated rings. The second-order valence-electron chi connectivity index (χ2n) is 4.03. The van der Waals surface area contributed by atoms with Crippen molar-refractivity contribution < 1.29 is 0 Å². The predicted molar refractivity (Wildman–Crippen MR) is 70.1 cm³/mol. The maximum atomic E-state index is 4.35. The van der Waals surface area contributed by atoms with Gasteiger partial charge in [0.1, 0.15) is 0 Å². The van der Waals surface area contributed by atoms with Gasteiger partial charge in [-0.1, -0.05) is 6.92 Å². The molecule has 0 aliphatic heterocycles. The van der Waals surface area contributed by atoms with E-state index in [-0.39, 0.29) is 0 Å². The second kappa shape index (κ2) is 5.44. The van der Waals surface area contributed by atoms with Crippen molar-refractivity contribution >= 4 is 11.9 Å². The lowest BCUT2D eigenvalue weighted by molar-refractivity contribution is 0.786. The van der Waals surface area contributed by atoms with E-state index < -0.39 is 0 Å². The highest BCUT2D eigenvalue weighted by Crippen LogP contribution is 2.10. The van der Waals surface area contributed by atoms with Gasteiger partial charge in [-0.05, 0) is 12.5 Å². The highest BCUT2D eigenvalue weighted by molar-refractivity contribution is 5.38. The van der Waals surface area contributed by atoms with Crippen molar-refractivity contribution in [3.05, 3.63) is 18.5 Å². The largest absolute Gasteiger partial charge is 0.354 e. The highest BCUT2D eigenvalue weighted by Gasteiger charge is 2.09. The van der Waals surface area contributed by atoms with E-state index in [1.165, 1.54) is 0 Å². The molecule has 0 spiro atoms. The normalized spacial score (nSPS) is 10.4. The van der Waals surface area contributed by atoms with E-state index in [9.17, 15) is 0 Å². The zero-order valence-corrected chi connectivity index (χ0v) is 10.8. The third-order valence-electron chi connectivity index (χ3n) is 2.25. The average molecular weight is 247 g/mol. The van der Waals surface area contributed by atoms with E-state index in [4.69, 9.17) is 0 Å². The van der Waals surface area contributed by atoms with Gasteiger partial charge in [-0.2, -0.15) is 20.1 Å². The summed E-state index contributed by atoms with van der Waals surface area (Å²) < 4.78 is 1.62. The smallest absolute Gasteiger partial charge is 0.257 e. The average Bonchev–Trinajstić information content (AvgIpc) is 2.89. The predicted octanol–water partition coefficient (Wildman–Crippen LogP) is 0.945. The first-order valence-electron chi connectivity index (χ1n) is 5.88. The lowest BCUT2D eigenvalue weighted by atomic mass is 10.5. The molecular formula is C11H17N7. The fourth-order valence-electron chi connectivity index (χ4n) is 1.36. The van der Waals surface area contributed by atoms with Crippen LogP contribution in [0.5, 0.6) is 0 Å². The molecule has 0 amide bonds. The summed E-state index contributed by atoms with van der Waals surface area (Å²) in [6.07, 6.45) is 4.51. The van der Waals surface area contributed by atoms with Crippen molar-refractivity contribution in [3.63, 3.8) is 0 Å². The Labute approximate surface area is 106 Å². The molecule has 0 unspecified atom stereocenters. The Bertz CT molecular complexity index is 492. The standard InChI is InChI=1S/C11H17N7/c1-4-6-12-9-14-10(17(2)3)16-11(15-9)18-8-5-7-13-18/h5,7-8H,4,6H2,1-3H3,(H,12,14,15,16). The molecule has 96 valence electrons. The van der Waals surface area contributed by atoms with Crippen LogP contribution in [0.4, 0.5) is 11.9 Å². The highest BCUT2D eigenvalue weighted by atomic mass is 15.4. The van der Waals surface area contributed by atoms with Gasteiger partial charge in [-0.25, -0.2) is 4.68 Å². The van der Waals surface area contributed by atoms with Crippen LogP contribution < -0.4 is 10.2 Å². The van der Waals surface area contributed by atoms with Crippen LogP contribution in [0, 0.1) is 0 Å². The Kier molecular flexibility index (Phi) is 3.71. The van der Waals surface area contributed by atoms with Crippen LogP contribution in [-0.4, -0.2) is 45.4 Å². The molecule has 2 aromatic heterocycles. The molecule has 7 heteroatoms. The van der Waals surface area contributed by atoms with Gasteiger partial charge in [0.15, 0.2) is 0 Å². The maximum Gasteiger partial charge on any atom is 0.257 e. The number of rotatable bonds is 5. The summed E-state index contributed by atoms with van der Waals surface area (Å²) in [5, 5.41) is 7.29. The molecule has 1 N–H and O–H groups in total. The molecule has 2 aromatic rings. The molecule has 2 rings (SSSR count). The Morgan fingerprint density at radius 2 is 2.11 bits per heavy atom. The van der Waals surface area contributed by atoms with Crippen molar-refractivity contribution in [1.29, 1.82) is 0 Å². The molecule has 0 aliphatic rings. The Balaban J connectivity index is 2.36. The zero-order valence-electron chi connectivity index (χ0n) is 10.8. The zero-order chi connectivity index (χ0) is 13.0. The van der Waals surface area contributed by atoms with Gasteiger partial charge in [0.2, 0.25) is 11.9 Å². The number of anilines is 2. The lowest BCUT2D eigenvalue weighted by Gasteiger charge is -2.13. The number of hydrogen-bond acceptors (Lipinski definition) is 6. The van der Waals surface area contributed by atoms with Crippen LogP contribution in [0.1, 0.15) is 13.3 Å². The van der Waals surface area contributed by atoms with Gasteiger partial charge in [-0.3, -0.25) is 0 Å². The van der Waals surface area contributed by atoms with Crippen molar-refractivity contribution in [1.82, 2.24) is 24.7 Å². The van der Waals surface area contributed by atoms with Crippen molar-refractivity contribution in [2.75, 3.05) is 30.9 Å². The fourth-order valence-corrected chi connectivity index (χ4v) is 1.36. The Morgan fingerprint density at radius 1 is 1.28 bits per heavy atom. The minimum Gasteiger partial charge on any atom is -0.354 e. The van der Waals surface area contributed by atoms with Gasteiger partial charge < -0.3 is 10.2 Å². The molecule has 0 radical (unpaired) electrons. The summed E-state index contributed by atoms with van der Waals surface area (Å²) in [5.74, 6) is 1.69. The summed E-state index contributed by atoms with van der Waals surface area (Å²) in [7, 11) is 3.79. The maximum absolute atomic E-state index is 4.35. The van der Waals surface area contributed by atoms with E-state index in [2.05, 4.69) is 32.3 Å². The number of nitrogens with one attached hydrogen (secondary N) is 1. The molecule has 2 heterocycles. The summed E-state index contributed by atoms with van der Waals surface area (Å²) in [6, 6.07) is 1.83. The molecule has 0 bridgehead atoms. The molecule has 0 saturated carbocycles. The molecule has 7 nitrogen and oxygen atoms in total. The van der Waals surface area contributed by atoms with Crippen molar-refractivity contribution in [3.8, 4) is 5.95 Å². The monoisotopic (exact) mass is 247 g/mol. The molecule has 0 aromatic carbocycles. The van der Waals surface area contributed by atoms with Gasteiger partial charge in [0.05, 0.1) is 0 Å². The first-order valence-corrected chi connectivity index (χ1v) is 5.88. The van der Waals surface area contributed by atoms with E-state index >= 15 is 0 Å². The second-order valence-corrected chi connectivity index (χ2v) is 4.03. The first-order chi connectivity index (χ1) is 8.70. The van der Waals surface area contributed by atoms with Crippen LogP contribution in [0.15, 0.2) is 18.5 Å². The summed E-state index contributed by atoms with van der Waals surface area (Å²) in [4.78, 5) is 14.9. The van der Waals surface area contributed by atoms with Gasteiger partial charge in [0.25, 0.3) is 5.95 Å². The molecule has 0 atom stereocenters. The van der Waals surface area contributed by atoms with E-state index in [0.717, 1.165) is 13.0 Å². The van der Waals surface area contributed by atoms with Crippen LogP contribution in [0.2, 0.25) is 0 Å². The van der Waals surface area contributed by atoms with Crippen molar-refractivity contribution in [2.45, 2.75) is 13.3 Å². The van der Waals surface area contributed by atoms with Crippen LogP contribution >= 0.6 is 0 Å². The minimum atomic E-state index is 0.511. The molecule has 0 saturated heterocycles. The quantitative estimate of drug-likeness (QED) is 0.848. The van der Waals surface area contributed by atoms with Crippen molar-refractivity contribution in [2.24, 2.45) is 0 Å².